The third kappa shape index (κ3) is 2.96. The number of carbonyl (C=O) groups is 1. The van der Waals surface area contributed by atoms with Gasteiger partial charge in [0.1, 0.15) is 0 Å². The molecule has 0 aliphatic rings. The minimum atomic E-state index is -1.10. The number of hydrogen-bond acceptors (Lipinski definition) is 1. The fourth-order valence-electron chi connectivity index (χ4n) is 1.80. The van der Waals surface area contributed by atoms with Gasteiger partial charge in [0.25, 0.3) is 5.91 Å². The normalized spacial score (nSPS) is 10.3. The van der Waals surface area contributed by atoms with E-state index in [4.69, 9.17) is 0 Å². The fourth-order valence-corrected chi connectivity index (χ4v) is 1.80. The van der Waals surface area contributed by atoms with E-state index in [-0.39, 0.29) is 5.56 Å². The van der Waals surface area contributed by atoms with Crippen LogP contribution in [0.2, 0.25) is 0 Å². The molecule has 0 spiro atoms. The Morgan fingerprint density at radius 2 is 1.74 bits per heavy atom. The SMILES string of the molecule is CN(Cc1ccccc1)C(=O)c1cccc(F)c1F. The van der Waals surface area contributed by atoms with Crippen molar-refractivity contribution in [1.29, 1.82) is 0 Å². The fraction of sp³-hybridized carbons (Fsp3) is 0.133. The van der Waals surface area contributed by atoms with Crippen LogP contribution >= 0.6 is 0 Å². The largest absolute Gasteiger partial charge is 0.337 e. The quantitative estimate of drug-likeness (QED) is 0.830. The summed E-state index contributed by atoms with van der Waals surface area (Å²) in [5.41, 5.74) is 0.675. The van der Waals surface area contributed by atoms with Crippen LogP contribution in [0.4, 0.5) is 8.78 Å². The minimum Gasteiger partial charge on any atom is -0.337 e. The number of carbonyl (C=O) groups excluding carboxylic acids is 1. The maximum Gasteiger partial charge on any atom is 0.256 e. The molecule has 1 amide bonds. The first-order valence-electron chi connectivity index (χ1n) is 5.83. The molecule has 0 aliphatic heterocycles. The minimum absolute atomic E-state index is 0.251. The molecule has 0 saturated heterocycles. The van der Waals surface area contributed by atoms with Gasteiger partial charge < -0.3 is 4.90 Å². The molecule has 0 aromatic heterocycles. The Morgan fingerprint density at radius 3 is 2.42 bits per heavy atom. The lowest BCUT2D eigenvalue weighted by molar-refractivity contribution is 0.0779. The van der Waals surface area contributed by atoms with Gasteiger partial charge in [0, 0.05) is 13.6 Å². The summed E-state index contributed by atoms with van der Waals surface area (Å²) in [6.07, 6.45) is 0. The highest BCUT2D eigenvalue weighted by Gasteiger charge is 2.18. The predicted octanol–water partition coefficient (Wildman–Crippen LogP) is 3.24. The van der Waals surface area contributed by atoms with Crippen molar-refractivity contribution >= 4 is 5.91 Å². The van der Waals surface area contributed by atoms with Crippen molar-refractivity contribution in [3.8, 4) is 0 Å². The number of halogens is 2. The molecule has 0 heterocycles. The second kappa shape index (κ2) is 5.61. The van der Waals surface area contributed by atoms with E-state index in [2.05, 4.69) is 0 Å². The highest BCUT2D eigenvalue weighted by Crippen LogP contribution is 2.14. The first-order valence-corrected chi connectivity index (χ1v) is 5.83. The van der Waals surface area contributed by atoms with E-state index in [9.17, 15) is 13.6 Å². The highest BCUT2D eigenvalue weighted by molar-refractivity contribution is 5.94. The van der Waals surface area contributed by atoms with E-state index >= 15 is 0 Å². The molecule has 2 nitrogen and oxygen atoms in total. The Kier molecular flexibility index (Phi) is 3.90. The van der Waals surface area contributed by atoms with Crippen molar-refractivity contribution in [2.24, 2.45) is 0 Å². The smallest absolute Gasteiger partial charge is 0.256 e. The van der Waals surface area contributed by atoms with Crippen LogP contribution in [0.1, 0.15) is 15.9 Å². The maximum absolute atomic E-state index is 13.5. The van der Waals surface area contributed by atoms with E-state index in [0.29, 0.717) is 6.54 Å². The lowest BCUT2D eigenvalue weighted by Gasteiger charge is -2.17. The number of nitrogens with zero attached hydrogens (tertiary/aromatic N) is 1. The summed E-state index contributed by atoms with van der Waals surface area (Å²) in [5, 5.41) is 0. The molecule has 0 saturated carbocycles. The van der Waals surface area contributed by atoms with Gasteiger partial charge >= 0.3 is 0 Å². The number of benzene rings is 2. The molecular weight excluding hydrogens is 248 g/mol. The molecule has 98 valence electrons. The van der Waals surface area contributed by atoms with Crippen molar-refractivity contribution in [3.63, 3.8) is 0 Å². The predicted molar refractivity (Wildman–Crippen MR) is 68.6 cm³/mol. The molecule has 0 bridgehead atoms. The average molecular weight is 261 g/mol. The van der Waals surface area contributed by atoms with E-state index in [0.717, 1.165) is 11.6 Å². The Hall–Kier alpha value is -2.23. The van der Waals surface area contributed by atoms with E-state index < -0.39 is 17.5 Å². The molecule has 19 heavy (non-hydrogen) atoms. The van der Waals surface area contributed by atoms with Gasteiger partial charge in [-0.2, -0.15) is 0 Å². The van der Waals surface area contributed by atoms with Crippen molar-refractivity contribution in [1.82, 2.24) is 4.90 Å². The van der Waals surface area contributed by atoms with Gasteiger partial charge in [-0.1, -0.05) is 36.4 Å². The lowest BCUT2D eigenvalue weighted by Crippen LogP contribution is -2.27. The van der Waals surface area contributed by atoms with Gasteiger partial charge in [-0.05, 0) is 17.7 Å². The summed E-state index contributed by atoms with van der Waals surface area (Å²) in [4.78, 5) is 13.4. The van der Waals surface area contributed by atoms with Crippen molar-refractivity contribution in [2.45, 2.75) is 6.54 Å². The van der Waals surface area contributed by atoms with Crippen LogP contribution in [-0.4, -0.2) is 17.9 Å². The molecule has 2 rings (SSSR count). The van der Waals surface area contributed by atoms with Gasteiger partial charge in [-0.25, -0.2) is 8.78 Å². The zero-order valence-electron chi connectivity index (χ0n) is 10.4. The maximum atomic E-state index is 13.5. The summed E-state index contributed by atoms with van der Waals surface area (Å²) >= 11 is 0. The van der Waals surface area contributed by atoms with Crippen LogP contribution in [0.15, 0.2) is 48.5 Å². The second-order valence-electron chi connectivity index (χ2n) is 4.25. The van der Waals surface area contributed by atoms with Crippen LogP contribution in [0.25, 0.3) is 0 Å². The molecule has 0 atom stereocenters. The van der Waals surface area contributed by atoms with E-state index in [1.54, 1.807) is 7.05 Å². The molecule has 0 radical (unpaired) electrons. The summed E-state index contributed by atoms with van der Waals surface area (Å²) in [6, 6.07) is 12.9. The van der Waals surface area contributed by atoms with Gasteiger partial charge in [0.15, 0.2) is 11.6 Å². The molecule has 0 fully saturated rings. The van der Waals surface area contributed by atoms with Crippen LogP contribution in [0, 0.1) is 11.6 Å². The summed E-state index contributed by atoms with van der Waals surface area (Å²) in [5.74, 6) is -2.66. The van der Waals surface area contributed by atoms with Crippen molar-refractivity contribution in [2.75, 3.05) is 7.05 Å². The van der Waals surface area contributed by atoms with Crippen LogP contribution in [0.5, 0.6) is 0 Å². The van der Waals surface area contributed by atoms with E-state index in [1.165, 1.54) is 17.0 Å². The number of hydrogen-bond donors (Lipinski definition) is 0. The topological polar surface area (TPSA) is 20.3 Å². The Bertz CT molecular complexity index is 584. The zero-order valence-corrected chi connectivity index (χ0v) is 10.4. The third-order valence-corrected chi connectivity index (χ3v) is 2.79. The Labute approximate surface area is 110 Å². The van der Waals surface area contributed by atoms with Crippen LogP contribution in [-0.2, 0) is 6.54 Å². The molecule has 0 aliphatic carbocycles. The standard InChI is InChI=1S/C15H13F2NO/c1-18(10-11-6-3-2-4-7-11)15(19)12-8-5-9-13(16)14(12)17/h2-9H,10H2,1H3. The molecular formula is C15H13F2NO. The molecule has 0 unspecified atom stereocenters. The van der Waals surface area contributed by atoms with Crippen LogP contribution < -0.4 is 0 Å². The van der Waals surface area contributed by atoms with Crippen molar-refractivity contribution in [3.05, 3.63) is 71.3 Å². The highest BCUT2D eigenvalue weighted by atomic mass is 19.2. The summed E-state index contributed by atoms with van der Waals surface area (Å²) in [6.45, 7) is 0.343. The third-order valence-electron chi connectivity index (χ3n) is 2.79. The first kappa shape index (κ1) is 13.2. The molecule has 2 aromatic carbocycles. The number of rotatable bonds is 3. The van der Waals surface area contributed by atoms with E-state index in [1.807, 2.05) is 30.3 Å². The molecule has 4 heteroatoms. The second-order valence-corrected chi connectivity index (χ2v) is 4.25. The average Bonchev–Trinajstić information content (AvgIpc) is 2.42. The monoisotopic (exact) mass is 261 g/mol. The van der Waals surface area contributed by atoms with Gasteiger partial charge in [0.05, 0.1) is 5.56 Å². The van der Waals surface area contributed by atoms with Gasteiger partial charge in [0.2, 0.25) is 0 Å². The number of amides is 1. The zero-order chi connectivity index (χ0) is 13.8. The van der Waals surface area contributed by atoms with Crippen LogP contribution in [0.3, 0.4) is 0 Å². The Morgan fingerprint density at radius 1 is 1.05 bits per heavy atom. The first-order chi connectivity index (χ1) is 9.09. The van der Waals surface area contributed by atoms with Gasteiger partial charge in [-0.15, -0.1) is 0 Å². The Balaban J connectivity index is 2.18. The van der Waals surface area contributed by atoms with Crippen molar-refractivity contribution < 1.29 is 13.6 Å². The van der Waals surface area contributed by atoms with Gasteiger partial charge in [-0.3, -0.25) is 4.79 Å². The molecule has 0 N–H and O–H groups in total. The summed E-state index contributed by atoms with van der Waals surface area (Å²) in [7, 11) is 1.56. The molecule has 2 aromatic rings. The summed E-state index contributed by atoms with van der Waals surface area (Å²) < 4.78 is 26.6. The lowest BCUT2D eigenvalue weighted by atomic mass is 10.1.